The van der Waals surface area contributed by atoms with Gasteiger partial charge >= 0.3 is 6.09 Å². The average Bonchev–Trinajstić information content (AvgIpc) is 2.74. The molecular formula is C27H27N3O4. The van der Waals surface area contributed by atoms with Crippen LogP contribution < -0.4 is 5.56 Å². The second kappa shape index (κ2) is 8.17. The van der Waals surface area contributed by atoms with Crippen LogP contribution in [0.2, 0.25) is 0 Å². The van der Waals surface area contributed by atoms with E-state index in [2.05, 4.69) is 4.98 Å². The topological polar surface area (TPSA) is 84.7 Å². The highest BCUT2D eigenvalue weighted by Crippen LogP contribution is 2.34. The van der Waals surface area contributed by atoms with Gasteiger partial charge in [-0.25, -0.2) is 9.78 Å². The molecule has 1 saturated heterocycles. The molecule has 0 atom stereocenters. The lowest BCUT2D eigenvalue weighted by Gasteiger charge is -2.40. The number of ether oxygens (including phenoxy) is 1. The monoisotopic (exact) mass is 457 g/mol. The molecule has 0 unspecified atom stereocenters. The van der Waals surface area contributed by atoms with Gasteiger partial charge in [-0.15, -0.1) is 0 Å². The van der Waals surface area contributed by atoms with Crippen molar-refractivity contribution in [2.24, 2.45) is 5.92 Å². The van der Waals surface area contributed by atoms with Crippen molar-refractivity contribution < 1.29 is 14.6 Å². The van der Waals surface area contributed by atoms with E-state index in [1.54, 1.807) is 21.6 Å². The lowest BCUT2D eigenvalue weighted by atomic mass is 9.97. The number of hydrogen-bond donors (Lipinski definition) is 1. The minimum Gasteiger partial charge on any atom is -0.508 e. The first-order chi connectivity index (χ1) is 16.2. The van der Waals surface area contributed by atoms with E-state index < -0.39 is 5.60 Å². The molecule has 2 heterocycles. The molecule has 7 nitrogen and oxygen atoms in total. The molecule has 0 saturated carbocycles. The molecule has 5 rings (SSSR count). The van der Waals surface area contributed by atoms with Crippen LogP contribution in [0.1, 0.15) is 20.8 Å². The zero-order valence-electron chi connectivity index (χ0n) is 19.5. The molecule has 1 N–H and O–H groups in total. The van der Waals surface area contributed by atoms with Crippen LogP contribution in [-0.4, -0.2) is 44.3 Å². The number of nitrogens with zero attached hydrogens (tertiary/aromatic N) is 3. The Bertz CT molecular complexity index is 1460. The molecule has 34 heavy (non-hydrogen) atoms. The lowest BCUT2D eigenvalue weighted by molar-refractivity contribution is -0.00329. The number of phenolic OH excluding ortho intramolecular Hbond substituents is 1. The minimum atomic E-state index is -0.529. The first-order valence-corrected chi connectivity index (χ1v) is 11.4. The summed E-state index contributed by atoms with van der Waals surface area (Å²) >= 11 is 0. The van der Waals surface area contributed by atoms with Crippen LogP contribution in [0.15, 0.2) is 65.6 Å². The van der Waals surface area contributed by atoms with Crippen LogP contribution in [-0.2, 0) is 11.3 Å². The van der Waals surface area contributed by atoms with E-state index >= 15 is 0 Å². The normalized spacial score (nSPS) is 14.4. The van der Waals surface area contributed by atoms with Crippen molar-refractivity contribution >= 4 is 27.9 Å². The Hall–Kier alpha value is -3.87. The van der Waals surface area contributed by atoms with E-state index in [4.69, 9.17) is 4.74 Å². The highest BCUT2D eigenvalue weighted by molar-refractivity contribution is 5.99. The van der Waals surface area contributed by atoms with Crippen molar-refractivity contribution in [3.63, 3.8) is 0 Å². The first kappa shape index (κ1) is 21.9. The molecule has 1 aliphatic rings. The van der Waals surface area contributed by atoms with Crippen LogP contribution in [0, 0.1) is 5.92 Å². The maximum absolute atomic E-state index is 12.6. The van der Waals surface area contributed by atoms with Crippen LogP contribution in [0.25, 0.3) is 32.9 Å². The summed E-state index contributed by atoms with van der Waals surface area (Å²) in [4.78, 5) is 30.9. The first-order valence-electron chi connectivity index (χ1n) is 11.4. The number of rotatable bonds is 3. The van der Waals surface area contributed by atoms with E-state index in [1.807, 2.05) is 63.2 Å². The lowest BCUT2D eigenvalue weighted by Crippen LogP contribution is -2.53. The number of phenols is 1. The number of amides is 1. The smallest absolute Gasteiger partial charge is 0.410 e. The van der Waals surface area contributed by atoms with Gasteiger partial charge in [0.25, 0.3) is 5.56 Å². The van der Waals surface area contributed by atoms with Crippen molar-refractivity contribution in [3.05, 3.63) is 71.1 Å². The van der Waals surface area contributed by atoms with E-state index in [0.717, 1.165) is 27.4 Å². The Morgan fingerprint density at radius 3 is 2.65 bits per heavy atom. The zero-order valence-corrected chi connectivity index (χ0v) is 19.5. The predicted molar refractivity (Wildman–Crippen MR) is 132 cm³/mol. The third-order valence-corrected chi connectivity index (χ3v) is 6.05. The SMILES string of the molecule is CC(C)(C)OC(=O)N1CC(Cn2c(=O)cnc3cc(-c4cc(O)cc5ccccc45)ccc32)C1. The van der Waals surface area contributed by atoms with Gasteiger partial charge in [0.05, 0.1) is 17.2 Å². The summed E-state index contributed by atoms with van der Waals surface area (Å²) in [6.07, 6.45) is 1.02. The quantitative estimate of drug-likeness (QED) is 0.478. The summed E-state index contributed by atoms with van der Waals surface area (Å²) in [5.41, 5.74) is 2.57. The number of hydrogen-bond acceptors (Lipinski definition) is 5. The van der Waals surface area contributed by atoms with E-state index in [0.29, 0.717) is 25.2 Å². The van der Waals surface area contributed by atoms with Gasteiger partial charge in [-0.2, -0.15) is 0 Å². The second-order valence-electron chi connectivity index (χ2n) is 9.88. The number of carbonyl (C=O) groups is 1. The van der Waals surface area contributed by atoms with Gasteiger partial charge < -0.3 is 19.3 Å². The summed E-state index contributed by atoms with van der Waals surface area (Å²) in [7, 11) is 0. The van der Waals surface area contributed by atoms with E-state index in [1.165, 1.54) is 6.20 Å². The number of fused-ring (bicyclic) bond motifs is 2. The van der Waals surface area contributed by atoms with Crippen molar-refractivity contribution in [2.45, 2.75) is 32.9 Å². The maximum Gasteiger partial charge on any atom is 0.410 e. The number of aromatic hydroxyl groups is 1. The Labute approximate surface area is 197 Å². The summed E-state index contributed by atoms with van der Waals surface area (Å²) in [5.74, 6) is 0.372. The molecule has 0 radical (unpaired) electrons. The summed E-state index contributed by atoms with van der Waals surface area (Å²) < 4.78 is 7.14. The minimum absolute atomic E-state index is 0.168. The van der Waals surface area contributed by atoms with Gasteiger partial charge in [-0.1, -0.05) is 30.3 Å². The van der Waals surface area contributed by atoms with Gasteiger partial charge in [-0.3, -0.25) is 4.79 Å². The molecular weight excluding hydrogens is 430 g/mol. The van der Waals surface area contributed by atoms with Crippen LogP contribution in [0.4, 0.5) is 4.79 Å². The van der Waals surface area contributed by atoms with Gasteiger partial charge in [-0.05, 0) is 66.9 Å². The summed E-state index contributed by atoms with van der Waals surface area (Å²) in [5, 5.41) is 12.2. The highest BCUT2D eigenvalue weighted by Gasteiger charge is 2.34. The third-order valence-electron chi connectivity index (χ3n) is 6.05. The van der Waals surface area contributed by atoms with E-state index in [9.17, 15) is 14.7 Å². The highest BCUT2D eigenvalue weighted by atomic mass is 16.6. The molecule has 1 fully saturated rings. The Balaban J connectivity index is 1.42. The molecule has 1 amide bonds. The summed E-state index contributed by atoms with van der Waals surface area (Å²) in [6, 6.07) is 17.2. The largest absolute Gasteiger partial charge is 0.508 e. The summed E-state index contributed by atoms with van der Waals surface area (Å²) in [6.45, 7) is 7.15. The van der Waals surface area contributed by atoms with Crippen molar-refractivity contribution in [2.75, 3.05) is 13.1 Å². The fourth-order valence-electron chi connectivity index (χ4n) is 4.48. The van der Waals surface area contributed by atoms with Crippen LogP contribution in [0.3, 0.4) is 0 Å². The molecule has 0 spiro atoms. The molecule has 1 aliphatic heterocycles. The van der Waals surface area contributed by atoms with Crippen LogP contribution in [0.5, 0.6) is 5.75 Å². The average molecular weight is 458 g/mol. The standard InChI is InChI=1S/C27H27N3O4/c1-27(2,3)34-26(33)29-14-17(15-29)16-30-24-9-8-19(11-23(24)28-13-25(30)32)22-12-20(31)10-18-6-4-5-7-21(18)22/h4-13,17,31H,14-16H2,1-3H3. The molecule has 174 valence electrons. The van der Waals surface area contributed by atoms with Crippen molar-refractivity contribution in [1.82, 2.24) is 14.5 Å². The number of carbonyl (C=O) groups excluding carboxylic acids is 1. The number of aromatic nitrogens is 2. The fourth-order valence-corrected chi connectivity index (χ4v) is 4.48. The molecule has 3 aromatic carbocycles. The maximum atomic E-state index is 12.6. The number of benzene rings is 3. The Morgan fingerprint density at radius 1 is 1.12 bits per heavy atom. The fraction of sp³-hybridized carbons (Fsp3) is 0.296. The van der Waals surface area contributed by atoms with Gasteiger partial charge in [0.2, 0.25) is 0 Å². The van der Waals surface area contributed by atoms with Gasteiger partial charge in [0.1, 0.15) is 11.4 Å². The molecule has 0 aliphatic carbocycles. The van der Waals surface area contributed by atoms with Crippen molar-refractivity contribution in [1.29, 1.82) is 0 Å². The Kier molecular flexibility index (Phi) is 5.27. The van der Waals surface area contributed by atoms with Gasteiger partial charge in [0, 0.05) is 25.6 Å². The second-order valence-corrected chi connectivity index (χ2v) is 9.88. The molecule has 1 aromatic heterocycles. The van der Waals surface area contributed by atoms with Gasteiger partial charge in [0.15, 0.2) is 0 Å². The molecule has 4 aromatic rings. The predicted octanol–water partition coefficient (Wildman–Crippen LogP) is 4.79. The zero-order chi connectivity index (χ0) is 24.0. The van der Waals surface area contributed by atoms with Crippen molar-refractivity contribution in [3.8, 4) is 16.9 Å². The molecule has 0 bridgehead atoms. The number of likely N-dealkylation sites (tertiary alicyclic amines) is 1. The van der Waals surface area contributed by atoms with E-state index in [-0.39, 0.29) is 23.3 Å². The van der Waals surface area contributed by atoms with Crippen LogP contribution >= 0.6 is 0 Å². The Morgan fingerprint density at radius 2 is 1.88 bits per heavy atom. The molecule has 7 heteroatoms. The third kappa shape index (κ3) is 4.21.